The van der Waals surface area contributed by atoms with Gasteiger partial charge in [0.25, 0.3) is 0 Å². The van der Waals surface area contributed by atoms with E-state index in [4.69, 9.17) is 23.2 Å². The highest BCUT2D eigenvalue weighted by Crippen LogP contribution is 2.22. The molecule has 0 spiro atoms. The zero-order valence-electron chi connectivity index (χ0n) is 9.81. The molecular weight excluding hydrogens is 272 g/mol. The molecule has 4 heteroatoms. The summed E-state index contributed by atoms with van der Waals surface area (Å²) in [6.07, 6.45) is 0. The predicted octanol–water partition coefficient (Wildman–Crippen LogP) is 5.05. The molecule has 0 atom stereocenters. The molecule has 0 amide bonds. The Kier molecular flexibility index (Phi) is 4.10. The molecule has 2 rings (SSSR count). The Hall–Kier alpha value is -1.25. The van der Waals surface area contributed by atoms with E-state index in [-0.39, 0.29) is 5.82 Å². The number of rotatable bonds is 3. The number of hydrogen-bond donors (Lipinski definition) is 1. The van der Waals surface area contributed by atoms with Crippen LogP contribution in [0.2, 0.25) is 10.0 Å². The van der Waals surface area contributed by atoms with Crippen LogP contribution in [-0.2, 0) is 6.54 Å². The molecule has 0 aliphatic rings. The van der Waals surface area contributed by atoms with Gasteiger partial charge >= 0.3 is 0 Å². The first-order valence-electron chi connectivity index (χ1n) is 5.50. The zero-order chi connectivity index (χ0) is 13.1. The quantitative estimate of drug-likeness (QED) is 0.831. The number of halogens is 3. The van der Waals surface area contributed by atoms with Gasteiger partial charge in [0.15, 0.2) is 0 Å². The fraction of sp³-hybridized carbons (Fsp3) is 0.143. The van der Waals surface area contributed by atoms with Gasteiger partial charge in [-0.3, -0.25) is 0 Å². The van der Waals surface area contributed by atoms with Crippen LogP contribution < -0.4 is 5.32 Å². The lowest BCUT2D eigenvalue weighted by Gasteiger charge is -2.09. The maximum atomic E-state index is 13.5. The van der Waals surface area contributed by atoms with Crippen molar-refractivity contribution < 1.29 is 4.39 Å². The smallest absolute Gasteiger partial charge is 0.147 e. The van der Waals surface area contributed by atoms with Gasteiger partial charge in [-0.2, -0.15) is 0 Å². The van der Waals surface area contributed by atoms with E-state index in [2.05, 4.69) is 5.32 Å². The van der Waals surface area contributed by atoms with E-state index in [0.29, 0.717) is 22.3 Å². The van der Waals surface area contributed by atoms with Crippen molar-refractivity contribution in [2.24, 2.45) is 0 Å². The molecular formula is C14H12Cl2FN. The van der Waals surface area contributed by atoms with E-state index < -0.39 is 0 Å². The lowest BCUT2D eigenvalue weighted by Crippen LogP contribution is -2.02. The second-order valence-corrected chi connectivity index (χ2v) is 4.92. The van der Waals surface area contributed by atoms with E-state index in [0.717, 1.165) is 11.1 Å². The van der Waals surface area contributed by atoms with Crippen LogP contribution in [0.25, 0.3) is 0 Å². The number of anilines is 1. The molecule has 1 N–H and O–H groups in total. The Morgan fingerprint density at radius 3 is 2.56 bits per heavy atom. The summed E-state index contributed by atoms with van der Waals surface area (Å²) in [5, 5.41) is 4.06. The lowest BCUT2D eigenvalue weighted by atomic mass is 10.1. The molecule has 0 aliphatic heterocycles. The topological polar surface area (TPSA) is 12.0 Å². The normalized spacial score (nSPS) is 10.4. The van der Waals surface area contributed by atoms with Crippen LogP contribution in [0.15, 0.2) is 36.4 Å². The monoisotopic (exact) mass is 283 g/mol. The Labute approximate surface area is 116 Å². The van der Waals surface area contributed by atoms with Crippen molar-refractivity contribution in [1.82, 2.24) is 0 Å². The molecule has 0 bridgehead atoms. The Morgan fingerprint density at radius 2 is 1.89 bits per heavy atom. The maximum absolute atomic E-state index is 13.5. The second-order valence-electron chi connectivity index (χ2n) is 4.07. The molecule has 0 radical (unpaired) electrons. The third kappa shape index (κ3) is 3.15. The molecule has 0 saturated carbocycles. The summed E-state index contributed by atoms with van der Waals surface area (Å²) in [6.45, 7) is 2.44. The van der Waals surface area contributed by atoms with Gasteiger partial charge in [0.2, 0.25) is 0 Å². The Balaban J connectivity index is 2.11. The molecule has 1 nitrogen and oxygen atoms in total. The van der Waals surface area contributed by atoms with Crippen LogP contribution in [0.1, 0.15) is 11.1 Å². The van der Waals surface area contributed by atoms with E-state index in [1.165, 1.54) is 6.07 Å². The van der Waals surface area contributed by atoms with Crippen LogP contribution in [-0.4, -0.2) is 0 Å². The first-order chi connectivity index (χ1) is 8.56. The Bertz CT molecular complexity index is 518. The van der Waals surface area contributed by atoms with Gasteiger partial charge < -0.3 is 5.32 Å². The molecule has 0 fully saturated rings. The number of hydrogen-bond acceptors (Lipinski definition) is 1. The zero-order valence-corrected chi connectivity index (χ0v) is 11.3. The number of aryl methyl sites for hydroxylation is 1. The molecule has 0 heterocycles. The summed E-state index contributed by atoms with van der Waals surface area (Å²) in [6, 6.07) is 10.3. The van der Waals surface area contributed by atoms with E-state index in [9.17, 15) is 4.39 Å². The van der Waals surface area contributed by atoms with E-state index >= 15 is 0 Å². The van der Waals surface area contributed by atoms with E-state index in [1.807, 2.05) is 25.1 Å². The Morgan fingerprint density at radius 1 is 1.11 bits per heavy atom. The van der Waals surface area contributed by atoms with Crippen LogP contribution in [0.5, 0.6) is 0 Å². The molecule has 0 unspecified atom stereocenters. The van der Waals surface area contributed by atoms with Crippen LogP contribution in [0, 0.1) is 12.7 Å². The van der Waals surface area contributed by atoms with Crippen molar-refractivity contribution in [3.63, 3.8) is 0 Å². The first-order valence-corrected chi connectivity index (χ1v) is 6.26. The third-order valence-corrected chi connectivity index (χ3v) is 3.20. The average molecular weight is 284 g/mol. The van der Waals surface area contributed by atoms with Crippen molar-refractivity contribution in [3.05, 3.63) is 63.4 Å². The summed E-state index contributed by atoms with van der Waals surface area (Å²) in [4.78, 5) is 0. The standard InChI is InChI=1S/C14H12Cl2FN/c1-9-2-3-10(12(16)6-9)8-18-14-5-4-11(15)7-13(14)17/h2-7,18H,8H2,1H3. The number of nitrogens with one attached hydrogen (secondary N) is 1. The molecule has 0 aromatic heterocycles. The fourth-order valence-electron chi connectivity index (χ4n) is 1.62. The summed E-state index contributed by atoms with van der Waals surface area (Å²) < 4.78 is 13.5. The van der Waals surface area contributed by atoms with Gasteiger partial charge in [-0.05, 0) is 42.3 Å². The van der Waals surface area contributed by atoms with Crippen LogP contribution >= 0.6 is 23.2 Å². The molecule has 94 valence electrons. The summed E-state index contributed by atoms with van der Waals surface area (Å²) in [5.74, 6) is -0.370. The van der Waals surface area contributed by atoms with Gasteiger partial charge in [-0.1, -0.05) is 35.3 Å². The van der Waals surface area contributed by atoms with Gasteiger partial charge in [0, 0.05) is 16.6 Å². The van der Waals surface area contributed by atoms with Gasteiger partial charge in [0.05, 0.1) is 5.69 Å². The highest BCUT2D eigenvalue weighted by Gasteiger charge is 2.04. The highest BCUT2D eigenvalue weighted by atomic mass is 35.5. The second kappa shape index (κ2) is 5.59. The van der Waals surface area contributed by atoms with Crippen molar-refractivity contribution in [3.8, 4) is 0 Å². The maximum Gasteiger partial charge on any atom is 0.147 e. The average Bonchev–Trinajstić information content (AvgIpc) is 2.30. The highest BCUT2D eigenvalue weighted by molar-refractivity contribution is 6.31. The van der Waals surface area contributed by atoms with E-state index in [1.54, 1.807) is 12.1 Å². The largest absolute Gasteiger partial charge is 0.379 e. The molecule has 2 aromatic carbocycles. The number of benzene rings is 2. The molecule has 0 aliphatic carbocycles. The third-order valence-electron chi connectivity index (χ3n) is 2.61. The first kappa shape index (κ1) is 13.2. The van der Waals surface area contributed by atoms with Crippen molar-refractivity contribution in [2.75, 3.05) is 5.32 Å². The van der Waals surface area contributed by atoms with Gasteiger partial charge in [-0.15, -0.1) is 0 Å². The van der Waals surface area contributed by atoms with Gasteiger partial charge in [0.1, 0.15) is 5.82 Å². The van der Waals surface area contributed by atoms with Crippen LogP contribution in [0.3, 0.4) is 0 Å². The fourth-order valence-corrected chi connectivity index (χ4v) is 2.08. The predicted molar refractivity (Wildman–Crippen MR) is 74.9 cm³/mol. The summed E-state index contributed by atoms with van der Waals surface area (Å²) in [5.41, 5.74) is 2.44. The summed E-state index contributed by atoms with van der Waals surface area (Å²) >= 11 is 11.8. The molecule has 0 saturated heterocycles. The van der Waals surface area contributed by atoms with Crippen LogP contribution in [0.4, 0.5) is 10.1 Å². The minimum absolute atomic E-state index is 0.370. The van der Waals surface area contributed by atoms with Gasteiger partial charge in [-0.25, -0.2) is 4.39 Å². The SMILES string of the molecule is Cc1ccc(CNc2ccc(Cl)cc2F)c(Cl)c1. The molecule has 18 heavy (non-hydrogen) atoms. The van der Waals surface area contributed by atoms with Crippen molar-refractivity contribution in [2.45, 2.75) is 13.5 Å². The van der Waals surface area contributed by atoms with Crippen molar-refractivity contribution >= 4 is 28.9 Å². The minimum atomic E-state index is -0.370. The lowest BCUT2D eigenvalue weighted by molar-refractivity contribution is 0.630. The minimum Gasteiger partial charge on any atom is -0.379 e. The van der Waals surface area contributed by atoms with Crippen molar-refractivity contribution in [1.29, 1.82) is 0 Å². The summed E-state index contributed by atoms with van der Waals surface area (Å²) in [7, 11) is 0. The molecule has 2 aromatic rings.